The molecule has 2 amide bonds. The number of aryl methyl sites for hydroxylation is 1. The zero-order valence-corrected chi connectivity index (χ0v) is 15.6. The standard InChI is InChI=1S/C21H26N4O2/c1-2-16-7-3-4-8-18(16)23-20(26)15-25-13-10-17(11-14-25)21(27)24-19-9-5-6-12-22-19/h3-9,12,17H,2,10-11,13-15H2,1H3,(H,23,26)(H,22,24,27). The number of hydrogen-bond donors (Lipinski definition) is 2. The van der Waals surface area contributed by atoms with Gasteiger partial charge in [-0.3, -0.25) is 14.5 Å². The van der Waals surface area contributed by atoms with Gasteiger partial charge in [0.05, 0.1) is 6.54 Å². The van der Waals surface area contributed by atoms with E-state index in [-0.39, 0.29) is 17.7 Å². The second kappa shape index (κ2) is 9.28. The summed E-state index contributed by atoms with van der Waals surface area (Å²) in [6.45, 7) is 3.91. The summed E-state index contributed by atoms with van der Waals surface area (Å²) in [7, 11) is 0. The summed E-state index contributed by atoms with van der Waals surface area (Å²) in [4.78, 5) is 31.0. The van der Waals surface area contributed by atoms with Crippen LogP contribution in [0.2, 0.25) is 0 Å². The maximum absolute atomic E-state index is 12.4. The Hall–Kier alpha value is -2.73. The molecule has 0 unspecified atom stereocenters. The molecule has 1 saturated heterocycles. The lowest BCUT2D eigenvalue weighted by Crippen LogP contribution is -2.41. The fourth-order valence-corrected chi connectivity index (χ4v) is 3.36. The first-order valence-corrected chi connectivity index (χ1v) is 9.47. The normalized spacial score (nSPS) is 15.3. The van der Waals surface area contributed by atoms with Crippen molar-refractivity contribution in [2.24, 2.45) is 5.92 Å². The van der Waals surface area contributed by atoms with E-state index in [1.54, 1.807) is 12.3 Å². The molecule has 1 aliphatic rings. The van der Waals surface area contributed by atoms with Crippen molar-refractivity contribution in [2.45, 2.75) is 26.2 Å². The van der Waals surface area contributed by atoms with Crippen molar-refractivity contribution >= 4 is 23.3 Å². The summed E-state index contributed by atoms with van der Waals surface area (Å²) < 4.78 is 0. The Morgan fingerprint density at radius 1 is 1.07 bits per heavy atom. The molecule has 142 valence electrons. The molecule has 2 heterocycles. The van der Waals surface area contributed by atoms with Crippen molar-refractivity contribution in [2.75, 3.05) is 30.3 Å². The van der Waals surface area contributed by atoms with Crippen molar-refractivity contribution < 1.29 is 9.59 Å². The molecule has 3 rings (SSSR count). The summed E-state index contributed by atoms with van der Waals surface area (Å²) in [5.74, 6) is 0.549. The van der Waals surface area contributed by atoms with Crippen molar-refractivity contribution in [1.82, 2.24) is 9.88 Å². The Morgan fingerprint density at radius 2 is 1.81 bits per heavy atom. The molecule has 1 aliphatic heterocycles. The first-order chi connectivity index (χ1) is 13.2. The predicted molar refractivity (Wildman–Crippen MR) is 106 cm³/mol. The van der Waals surface area contributed by atoms with Crippen molar-refractivity contribution in [3.05, 3.63) is 54.2 Å². The fraction of sp³-hybridized carbons (Fsp3) is 0.381. The van der Waals surface area contributed by atoms with E-state index in [9.17, 15) is 9.59 Å². The highest BCUT2D eigenvalue weighted by Gasteiger charge is 2.26. The van der Waals surface area contributed by atoms with Gasteiger partial charge in [-0.05, 0) is 56.1 Å². The van der Waals surface area contributed by atoms with Gasteiger partial charge in [0.1, 0.15) is 5.82 Å². The number of piperidine rings is 1. The lowest BCUT2D eigenvalue weighted by Gasteiger charge is -2.30. The molecular formula is C21H26N4O2. The summed E-state index contributed by atoms with van der Waals surface area (Å²) >= 11 is 0. The maximum atomic E-state index is 12.4. The summed E-state index contributed by atoms with van der Waals surface area (Å²) in [6, 6.07) is 13.3. The number of benzene rings is 1. The summed E-state index contributed by atoms with van der Waals surface area (Å²) in [6.07, 6.45) is 4.04. The number of nitrogens with one attached hydrogen (secondary N) is 2. The molecule has 6 nitrogen and oxygen atoms in total. The number of pyridine rings is 1. The number of amides is 2. The van der Waals surface area contributed by atoms with Gasteiger partial charge in [-0.15, -0.1) is 0 Å². The monoisotopic (exact) mass is 366 g/mol. The van der Waals surface area contributed by atoms with E-state index in [2.05, 4.69) is 27.4 Å². The second-order valence-corrected chi connectivity index (χ2v) is 6.81. The van der Waals surface area contributed by atoms with E-state index < -0.39 is 0 Å². The minimum absolute atomic E-state index is 0.00714. The number of anilines is 2. The zero-order chi connectivity index (χ0) is 19.1. The first-order valence-electron chi connectivity index (χ1n) is 9.47. The van der Waals surface area contributed by atoms with E-state index in [1.165, 1.54) is 0 Å². The van der Waals surface area contributed by atoms with E-state index in [0.29, 0.717) is 12.4 Å². The average molecular weight is 366 g/mol. The smallest absolute Gasteiger partial charge is 0.238 e. The molecule has 2 N–H and O–H groups in total. The second-order valence-electron chi connectivity index (χ2n) is 6.81. The van der Waals surface area contributed by atoms with Crippen LogP contribution in [-0.2, 0) is 16.0 Å². The van der Waals surface area contributed by atoms with E-state index in [0.717, 1.165) is 43.6 Å². The van der Waals surface area contributed by atoms with Gasteiger partial charge in [-0.1, -0.05) is 31.2 Å². The number of nitrogens with zero attached hydrogens (tertiary/aromatic N) is 2. The molecule has 0 saturated carbocycles. The molecule has 0 spiro atoms. The van der Waals surface area contributed by atoms with Crippen LogP contribution in [0.3, 0.4) is 0 Å². The van der Waals surface area contributed by atoms with E-state index >= 15 is 0 Å². The molecule has 6 heteroatoms. The number of para-hydroxylation sites is 1. The molecule has 1 aromatic heterocycles. The van der Waals surface area contributed by atoms with E-state index in [4.69, 9.17) is 0 Å². The average Bonchev–Trinajstić information content (AvgIpc) is 2.69. The number of carbonyl (C=O) groups is 2. The van der Waals surface area contributed by atoms with Crippen LogP contribution in [0.1, 0.15) is 25.3 Å². The molecule has 27 heavy (non-hydrogen) atoms. The minimum atomic E-state index is -0.0351. The van der Waals surface area contributed by atoms with Crippen LogP contribution >= 0.6 is 0 Å². The quantitative estimate of drug-likeness (QED) is 0.824. The predicted octanol–water partition coefficient (Wildman–Crippen LogP) is 2.93. The molecule has 0 atom stereocenters. The highest BCUT2D eigenvalue weighted by molar-refractivity contribution is 5.93. The van der Waals surface area contributed by atoms with Crippen LogP contribution in [0.15, 0.2) is 48.7 Å². The Morgan fingerprint density at radius 3 is 2.52 bits per heavy atom. The third-order valence-corrected chi connectivity index (χ3v) is 4.91. The topological polar surface area (TPSA) is 74.3 Å². The molecule has 2 aromatic rings. The van der Waals surface area contributed by atoms with Gasteiger partial charge < -0.3 is 10.6 Å². The fourth-order valence-electron chi connectivity index (χ4n) is 3.36. The van der Waals surface area contributed by atoms with E-state index in [1.807, 2.05) is 36.4 Å². The van der Waals surface area contributed by atoms with Gasteiger partial charge in [-0.2, -0.15) is 0 Å². The first kappa shape index (κ1) is 19.0. The van der Waals surface area contributed by atoms with Crippen LogP contribution in [0, 0.1) is 5.92 Å². The van der Waals surface area contributed by atoms with Crippen LogP contribution in [0.4, 0.5) is 11.5 Å². The number of carbonyl (C=O) groups excluding carboxylic acids is 2. The van der Waals surface area contributed by atoms with Crippen molar-refractivity contribution in [3.63, 3.8) is 0 Å². The van der Waals surface area contributed by atoms with Crippen molar-refractivity contribution in [3.8, 4) is 0 Å². The summed E-state index contributed by atoms with van der Waals surface area (Å²) in [5.41, 5.74) is 2.02. The third kappa shape index (κ3) is 5.37. The Bertz CT molecular complexity index is 771. The molecule has 1 fully saturated rings. The molecule has 0 bridgehead atoms. The Balaban J connectivity index is 1.45. The van der Waals surface area contributed by atoms with Crippen LogP contribution in [0.5, 0.6) is 0 Å². The highest BCUT2D eigenvalue weighted by atomic mass is 16.2. The Kier molecular flexibility index (Phi) is 6.54. The van der Waals surface area contributed by atoms with Crippen LogP contribution in [0.25, 0.3) is 0 Å². The van der Waals surface area contributed by atoms with Crippen LogP contribution < -0.4 is 10.6 Å². The van der Waals surface area contributed by atoms with Gasteiger partial charge >= 0.3 is 0 Å². The largest absolute Gasteiger partial charge is 0.325 e. The lowest BCUT2D eigenvalue weighted by atomic mass is 9.96. The van der Waals surface area contributed by atoms with Gasteiger partial charge in [0, 0.05) is 17.8 Å². The molecule has 0 radical (unpaired) electrons. The number of likely N-dealkylation sites (tertiary alicyclic amines) is 1. The number of hydrogen-bond acceptors (Lipinski definition) is 4. The highest BCUT2D eigenvalue weighted by Crippen LogP contribution is 2.20. The molecular weight excluding hydrogens is 340 g/mol. The van der Waals surface area contributed by atoms with Gasteiger partial charge in [0.15, 0.2) is 0 Å². The number of aromatic nitrogens is 1. The van der Waals surface area contributed by atoms with Crippen LogP contribution in [-0.4, -0.2) is 41.3 Å². The molecule has 0 aliphatic carbocycles. The maximum Gasteiger partial charge on any atom is 0.238 e. The lowest BCUT2D eigenvalue weighted by molar-refractivity contribution is -0.121. The van der Waals surface area contributed by atoms with Gasteiger partial charge in [-0.25, -0.2) is 4.98 Å². The SMILES string of the molecule is CCc1ccccc1NC(=O)CN1CCC(C(=O)Nc2ccccn2)CC1. The van der Waals surface area contributed by atoms with Crippen molar-refractivity contribution in [1.29, 1.82) is 0 Å². The minimum Gasteiger partial charge on any atom is -0.325 e. The van der Waals surface area contributed by atoms with Gasteiger partial charge in [0.2, 0.25) is 11.8 Å². The zero-order valence-electron chi connectivity index (χ0n) is 15.6. The third-order valence-electron chi connectivity index (χ3n) is 4.91. The van der Waals surface area contributed by atoms with Gasteiger partial charge in [0.25, 0.3) is 0 Å². The Labute approximate surface area is 160 Å². The number of rotatable bonds is 6. The molecule has 1 aromatic carbocycles. The summed E-state index contributed by atoms with van der Waals surface area (Å²) in [5, 5.41) is 5.87.